The van der Waals surface area contributed by atoms with E-state index >= 15 is 0 Å². The molecule has 1 aliphatic carbocycles. The van der Waals surface area contributed by atoms with Gasteiger partial charge in [0.1, 0.15) is 5.70 Å². The molecule has 1 aromatic carbocycles. The van der Waals surface area contributed by atoms with Crippen LogP contribution in [0.15, 0.2) is 23.9 Å². The second-order valence-electron chi connectivity index (χ2n) is 8.37. The minimum absolute atomic E-state index is 0.0151. The number of carbonyl (C=O) groups is 2. The molecule has 0 atom stereocenters. The molecule has 2 aliphatic heterocycles. The molecule has 0 unspecified atom stereocenters. The Hall–Kier alpha value is -1.52. The van der Waals surface area contributed by atoms with E-state index < -0.39 is 0 Å². The smallest absolute Gasteiger partial charge is 0.278 e. The van der Waals surface area contributed by atoms with Crippen LogP contribution in [0.25, 0.3) is 5.57 Å². The number of imide groups is 1. The van der Waals surface area contributed by atoms with E-state index in [-0.39, 0.29) is 17.9 Å². The van der Waals surface area contributed by atoms with Gasteiger partial charge >= 0.3 is 0 Å². The Balaban J connectivity index is 1.75. The molecule has 1 aromatic rings. The SMILES string of the molecule is O=C1C(c2ccc(Cl)cc2Cl)=C(N2CCCCC2)C(=O)N1C1CCCCCCC1. The summed E-state index contributed by atoms with van der Waals surface area (Å²) in [5.74, 6) is -0.325. The first-order valence-corrected chi connectivity index (χ1v) is 11.7. The molecule has 1 saturated carbocycles. The second kappa shape index (κ2) is 9.09. The number of amides is 2. The Morgan fingerprint density at radius 2 is 1.41 bits per heavy atom. The normalized spacial score (nSPS) is 22.3. The molecule has 1 saturated heterocycles. The predicted molar refractivity (Wildman–Crippen MR) is 117 cm³/mol. The number of nitrogens with zero attached hydrogens (tertiary/aromatic N) is 2. The lowest BCUT2D eigenvalue weighted by Crippen LogP contribution is -2.43. The standard InChI is InChI=1S/C23H28Cl2N2O2/c24-16-11-12-18(19(25)15-16)20-21(26-13-7-4-8-14-26)23(29)27(22(20)28)17-9-5-2-1-3-6-10-17/h11-12,15,17H,1-10,13-14H2. The third-order valence-electron chi connectivity index (χ3n) is 6.40. The Morgan fingerprint density at radius 1 is 0.793 bits per heavy atom. The maximum Gasteiger partial charge on any atom is 0.278 e. The van der Waals surface area contributed by atoms with Crippen LogP contribution in [0.5, 0.6) is 0 Å². The number of halogens is 2. The van der Waals surface area contributed by atoms with Gasteiger partial charge in [0.2, 0.25) is 0 Å². The minimum atomic E-state index is -0.189. The molecule has 4 rings (SSSR count). The van der Waals surface area contributed by atoms with Gasteiger partial charge in [0.25, 0.3) is 11.8 Å². The molecular formula is C23H28Cl2N2O2. The van der Waals surface area contributed by atoms with Gasteiger partial charge in [0.05, 0.1) is 10.6 Å². The van der Waals surface area contributed by atoms with Crippen LogP contribution < -0.4 is 0 Å². The summed E-state index contributed by atoms with van der Waals surface area (Å²) in [7, 11) is 0. The quantitative estimate of drug-likeness (QED) is 0.575. The molecule has 2 heterocycles. The van der Waals surface area contributed by atoms with Crippen molar-refractivity contribution in [1.82, 2.24) is 9.80 Å². The van der Waals surface area contributed by atoms with E-state index in [2.05, 4.69) is 4.90 Å². The van der Waals surface area contributed by atoms with Gasteiger partial charge in [-0.05, 0) is 44.2 Å². The maximum absolute atomic E-state index is 13.6. The van der Waals surface area contributed by atoms with Crippen LogP contribution in [-0.4, -0.2) is 40.7 Å². The molecule has 29 heavy (non-hydrogen) atoms. The largest absolute Gasteiger partial charge is 0.366 e. The van der Waals surface area contributed by atoms with Gasteiger partial charge in [-0.25, -0.2) is 0 Å². The maximum atomic E-state index is 13.6. The van der Waals surface area contributed by atoms with Crippen LogP contribution in [0, 0.1) is 0 Å². The predicted octanol–water partition coefficient (Wildman–Crippen LogP) is 5.67. The van der Waals surface area contributed by atoms with Crippen molar-refractivity contribution < 1.29 is 9.59 Å². The zero-order valence-corrected chi connectivity index (χ0v) is 18.3. The number of hydrogen-bond donors (Lipinski definition) is 0. The molecule has 0 radical (unpaired) electrons. The summed E-state index contributed by atoms with van der Waals surface area (Å²) < 4.78 is 0. The average molecular weight is 435 g/mol. The first kappa shape index (κ1) is 20.7. The van der Waals surface area contributed by atoms with E-state index in [9.17, 15) is 9.59 Å². The van der Waals surface area contributed by atoms with Crippen LogP contribution in [-0.2, 0) is 9.59 Å². The van der Waals surface area contributed by atoms with Gasteiger partial charge in [0, 0.05) is 29.7 Å². The highest BCUT2D eigenvalue weighted by molar-refractivity contribution is 6.41. The number of rotatable bonds is 3. The number of benzene rings is 1. The molecule has 6 heteroatoms. The average Bonchev–Trinajstić information content (AvgIpc) is 2.93. The lowest BCUT2D eigenvalue weighted by Gasteiger charge is -2.31. The third kappa shape index (κ3) is 4.20. The number of likely N-dealkylation sites (tertiary alicyclic amines) is 1. The van der Waals surface area contributed by atoms with Crippen molar-refractivity contribution in [2.24, 2.45) is 0 Å². The molecular weight excluding hydrogens is 407 g/mol. The fourth-order valence-electron chi connectivity index (χ4n) is 4.91. The van der Waals surface area contributed by atoms with E-state index in [1.54, 1.807) is 23.1 Å². The molecule has 0 aromatic heterocycles. The summed E-state index contributed by atoms with van der Waals surface area (Å²) in [6.45, 7) is 1.61. The highest BCUT2D eigenvalue weighted by Crippen LogP contribution is 2.39. The Bertz CT molecular complexity index is 822. The van der Waals surface area contributed by atoms with E-state index in [1.165, 1.54) is 19.3 Å². The van der Waals surface area contributed by atoms with Gasteiger partial charge in [-0.3, -0.25) is 14.5 Å². The first-order chi connectivity index (χ1) is 14.1. The van der Waals surface area contributed by atoms with Crippen LogP contribution in [0.3, 0.4) is 0 Å². The summed E-state index contributed by atoms with van der Waals surface area (Å²) in [5.41, 5.74) is 1.62. The zero-order chi connectivity index (χ0) is 20.4. The minimum Gasteiger partial charge on any atom is -0.366 e. The molecule has 4 nitrogen and oxygen atoms in total. The summed E-state index contributed by atoms with van der Waals surface area (Å²) >= 11 is 12.6. The topological polar surface area (TPSA) is 40.6 Å². The van der Waals surface area contributed by atoms with Gasteiger partial charge in [0.15, 0.2) is 0 Å². The van der Waals surface area contributed by atoms with Gasteiger partial charge < -0.3 is 4.90 Å². The fourth-order valence-corrected chi connectivity index (χ4v) is 5.41. The van der Waals surface area contributed by atoms with Crippen molar-refractivity contribution in [2.75, 3.05) is 13.1 Å². The molecule has 0 bridgehead atoms. The first-order valence-electron chi connectivity index (χ1n) is 10.9. The molecule has 0 spiro atoms. The van der Waals surface area contributed by atoms with E-state index in [4.69, 9.17) is 23.2 Å². The van der Waals surface area contributed by atoms with E-state index in [0.717, 1.165) is 58.0 Å². The lowest BCUT2D eigenvalue weighted by atomic mass is 9.95. The van der Waals surface area contributed by atoms with Crippen molar-refractivity contribution in [1.29, 1.82) is 0 Å². The molecule has 2 amide bonds. The number of hydrogen-bond acceptors (Lipinski definition) is 3. The number of piperidine rings is 1. The summed E-state index contributed by atoms with van der Waals surface area (Å²) in [5, 5.41) is 0.940. The summed E-state index contributed by atoms with van der Waals surface area (Å²) in [4.78, 5) is 30.9. The monoisotopic (exact) mass is 434 g/mol. The van der Waals surface area contributed by atoms with Gasteiger partial charge in [-0.1, -0.05) is 61.4 Å². The molecule has 0 N–H and O–H groups in total. The van der Waals surface area contributed by atoms with Crippen LogP contribution in [0.1, 0.15) is 69.8 Å². The van der Waals surface area contributed by atoms with E-state index in [1.807, 2.05) is 0 Å². The summed E-state index contributed by atoms with van der Waals surface area (Å²) in [6.07, 6.45) is 10.8. The zero-order valence-electron chi connectivity index (χ0n) is 16.8. The van der Waals surface area contributed by atoms with Crippen molar-refractivity contribution in [3.05, 3.63) is 39.5 Å². The number of carbonyl (C=O) groups excluding carboxylic acids is 2. The summed E-state index contributed by atoms with van der Waals surface area (Å²) in [6, 6.07) is 5.14. The Labute approximate surface area is 182 Å². The molecule has 156 valence electrons. The van der Waals surface area contributed by atoms with Gasteiger partial charge in [-0.2, -0.15) is 0 Å². The molecule has 2 fully saturated rings. The highest BCUT2D eigenvalue weighted by Gasteiger charge is 2.45. The van der Waals surface area contributed by atoms with Crippen LogP contribution in [0.2, 0.25) is 10.0 Å². The van der Waals surface area contributed by atoms with Crippen molar-refractivity contribution >= 4 is 40.6 Å². The highest BCUT2D eigenvalue weighted by atomic mass is 35.5. The third-order valence-corrected chi connectivity index (χ3v) is 6.95. The molecule has 3 aliphatic rings. The van der Waals surface area contributed by atoms with Crippen molar-refractivity contribution in [3.8, 4) is 0 Å². The van der Waals surface area contributed by atoms with E-state index in [0.29, 0.717) is 26.9 Å². The van der Waals surface area contributed by atoms with Crippen LogP contribution >= 0.6 is 23.2 Å². The Kier molecular flexibility index (Phi) is 6.50. The van der Waals surface area contributed by atoms with Crippen LogP contribution in [0.4, 0.5) is 0 Å². The van der Waals surface area contributed by atoms with Crippen molar-refractivity contribution in [2.45, 2.75) is 70.3 Å². The Morgan fingerprint density at radius 3 is 2.07 bits per heavy atom. The fraction of sp³-hybridized carbons (Fsp3) is 0.565. The van der Waals surface area contributed by atoms with Gasteiger partial charge in [-0.15, -0.1) is 0 Å². The second-order valence-corrected chi connectivity index (χ2v) is 9.22. The lowest BCUT2D eigenvalue weighted by molar-refractivity contribution is -0.140. The van der Waals surface area contributed by atoms with Crippen molar-refractivity contribution in [3.63, 3.8) is 0 Å².